The lowest BCUT2D eigenvalue weighted by Gasteiger charge is -2.14. The Morgan fingerprint density at radius 3 is 2.61 bits per heavy atom. The lowest BCUT2D eigenvalue weighted by atomic mass is 10.1. The van der Waals surface area contributed by atoms with E-state index in [0.29, 0.717) is 11.9 Å². The molecule has 8 heteroatoms. The van der Waals surface area contributed by atoms with E-state index in [2.05, 4.69) is 10.3 Å². The summed E-state index contributed by atoms with van der Waals surface area (Å²) in [6.45, 7) is 1.70. The molecule has 146 valence electrons. The highest BCUT2D eigenvalue weighted by atomic mass is 19.1. The van der Waals surface area contributed by atoms with Gasteiger partial charge in [-0.3, -0.25) is 14.6 Å². The normalized spacial score (nSPS) is 11.0. The first-order chi connectivity index (χ1) is 13.5. The van der Waals surface area contributed by atoms with Crippen LogP contribution >= 0.6 is 0 Å². The number of amides is 1. The van der Waals surface area contributed by atoms with Crippen molar-refractivity contribution in [3.8, 4) is 5.75 Å². The summed E-state index contributed by atoms with van der Waals surface area (Å²) >= 11 is 0. The van der Waals surface area contributed by atoms with E-state index < -0.39 is 22.8 Å². The number of aliphatic hydroxyl groups is 1. The minimum absolute atomic E-state index is 0.0358. The number of carbonyl (C=O) groups excluding carboxylic acids is 1. The highest BCUT2D eigenvalue weighted by Gasteiger charge is 2.22. The Kier molecular flexibility index (Phi) is 5.70. The van der Waals surface area contributed by atoms with Crippen LogP contribution in [0.4, 0.5) is 4.39 Å². The number of pyridine rings is 2. The Morgan fingerprint density at radius 1 is 1.25 bits per heavy atom. The zero-order valence-electron chi connectivity index (χ0n) is 15.3. The van der Waals surface area contributed by atoms with Gasteiger partial charge in [0.05, 0.1) is 12.1 Å². The second-order valence-electron chi connectivity index (χ2n) is 6.27. The summed E-state index contributed by atoms with van der Waals surface area (Å²) in [5, 5.41) is 21.7. The van der Waals surface area contributed by atoms with Crippen molar-refractivity contribution in [2.24, 2.45) is 0 Å². The fourth-order valence-electron chi connectivity index (χ4n) is 3.06. The highest BCUT2D eigenvalue weighted by Crippen LogP contribution is 2.26. The van der Waals surface area contributed by atoms with Crippen molar-refractivity contribution in [2.75, 3.05) is 13.2 Å². The van der Waals surface area contributed by atoms with Gasteiger partial charge in [0.25, 0.3) is 11.5 Å². The predicted octanol–water partition coefficient (Wildman–Crippen LogP) is 1.57. The van der Waals surface area contributed by atoms with Crippen LogP contribution in [-0.4, -0.2) is 38.8 Å². The Balaban J connectivity index is 2.09. The van der Waals surface area contributed by atoms with Crippen LogP contribution in [0.25, 0.3) is 11.0 Å². The first-order valence-corrected chi connectivity index (χ1v) is 8.84. The summed E-state index contributed by atoms with van der Waals surface area (Å²) in [5.74, 6) is -1.58. The van der Waals surface area contributed by atoms with Gasteiger partial charge >= 0.3 is 0 Å². The third-order valence-corrected chi connectivity index (χ3v) is 4.40. The quantitative estimate of drug-likeness (QED) is 0.598. The molecule has 3 rings (SSSR count). The van der Waals surface area contributed by atoms with Gasteiger partial charge in [-0.1, -0.05) is 12.1 Å². The van der Waals surface area contributed by atoms with E-state index in [4.69, 9.17) is 5.11 Å². The van der Waals surface area contributed by atoms with Gasteiger partial charge in [0.2, 0.25) is 0 Å². The molecule has 0 aliphatic heterocycles. The van der Waals surface area contributed by atoms with Crippen LogP contribution in [0.1, 0.15) is 28.4 Å². The maximum absolute atomic E-state index is 13.1. The maximum atomic E-state index is 13.1. The van der Waals surface area contributed by atoms with Crippen molar-refractivity contribution in [1.29, 1.82) is 0 Å². The van der Waals surface area contributed by atoms with E-state index in [0.717, 1.165) is 11.1 Å². The Bertz CT molecular complexity index is 1080. The van der Waals surface area contributed by atoms with Crippen LogP contribution in [0.15, 0.2) is 41.3 Å². The molecule has 0 radical (unpaired) electrons. The predicted molar refractivity (Wildman–Crippen MR) is 102 cm³/mol. The SMILES string of the molecule is CCn1c(=O)c(C(=O)NCCO)c(O)c2ncc(Cc3ccc(F)cc3)cc21. The molecule has 0 aliphatic carbocycles. The number of aromatic nitrogens is 2. The van der Waals surface area contributed by atoms with Gasteiger partial charge < -0.3 is 20.1 Å². The molecule has 0 bridgehead atoms. The number of halogens is 1. The zero-order chi connectivity index (χ0) is 20.3. The second-order valence-corrected chi connectivity index (χ2v) is 6.27. The van der Waals surface area contributed by atoms with Crippen molar-refractivity contribution in [1.82, 2.24) is 14.9 Å². The highest BCUT2D eigenvalue weighted by molar-refractivity contribution is 6.01. The van der Waals surface area contributed by atoms with E-state index in [-0.39, 0.29) is 31.0 Å². The number of fused-ring (bicyclic) bond motifs is 1. The van der Waals surface area contributed by atoms with Crippen molar-refractivity contribution >= 4 is 16.9 Å². The first-order valence-electron chi connectivity index (χ1n) is 8.84. The molecule has 0 unspecified atom stereocenters. The summed E-state index contributed by atoms with van der Waals surface area (Å²) < 4.78 is 14.4. The summed E-state index contributed by atoms with van der Waals surface area (Å²) in [6.07, 6.45) is 2.02. The van der Waals surface area contributed by atoms with Crippen molar-refractivity contribution in [3.63, 3.8) is 0 Å². The number of nitrogens with one attached hydrogen (secondary N) is 1. The number of aliphatic hydroxyl groups excluding tert-OH is 1. The Hall–Kier alpha value is -3.26. The van der Waals surface area contributed by atoms with E-state index in [1.807, 2.05) is 0 Å². The van der Waals surface area contributed by atoms with Crippen LogP contribution in [0.5, 0.6) is 5.75 Å². The second kappa shape index (κ2) is 8.18. The number of benzene rings is 1. The summed E-state index contributed by atoms with van der Waals surface area (Å²) in [6, 6.07) is 7.80. The van der Waals surface area contributed by atoms with E-state index in [9.17, 15) is 19.1 Å². The largest absolute Gasteiger partial charge is 0.505 e. The van der Waals surface area contributed by atoms with E-state index in [1.165, 1.54) is 16.7 Å². The van der Waals surface area contributed by atoms with Gasteiger partial charge in [-0.15, -0.1) is 0 Å². The van der Waals surface area contributed by atoms with Crippen molar-refractivity contribution in [3.05, 3.63) is 69.4 Å². The van der Waals surface area contributed by atoms with Gasteiger partial charge in [0.1, 0.15) is 16.9 Å². The minimum atomic E-state index is -0.766. The molecule has 3 N–H and O–H groups in total. The number of aromatic hydroxyl groups is 1. The van der Waals surface area contributed by atoms with Crippen LogP contribution in [0, 0.1) is 5.82 Å². The van der Waals surface area contributed by atoms with Gasteiger partial charge in [-0.05, 0) is 42.7 Å². The van der Waals surface area contributed by atoms with Crippen LogP contribution < -0.4 is 10.9 Å². The minimum Gasteiger partial charge on any atom is -0.505 e. The fraction of sp³-hybridized carbons (Fsp3) is 0.250. The van der Waals surface area contributed by atoms with E-state index >= 15 is 0 Å². The smallest absolute Gasteiger partial charge is 0.267 e. The van der Waals surface area contributed by atoms with Crippen molar-refractivity contribution < 1.29 is 19.4 Å². The molecule has 0 spiro atoms. The van der Waals surface area contributed by atoms with Crippen LogP contribution in [0.2, 0.25) is 0 Å². The number of nitrogens with zero attached hydrogens (tertiary/aromatic N) is 2. The lowest BCUT2D eigenvalue weighted by molar-refractivity contribution is 0.0940. The topological polar surface area (TPSA) is 104 Å². The van der Waals surface area contributed by atoms with Gasteiger partial charge in [-0.2, -0.15) is 0 Å². The molecule has 3 aromatic rings. The average Bonchev–Trinajstić information content (AvgIpc) is 2.68. The summed E-state index contributed by atoms with van der Waals surface area (Å²) in [4.78, 5) is 29.2. The molecule has 0 atom stereocenters. The molecule has 0 saturated carbocycles. The molecule has 7 nitrogen and oxygen atoms in total. The molecule has 1 amide bonds. The molecular weight excluding hydrogens is 365 g/mol. The monoisotopic (exact) mass is 385 g/mol. The van der Waals surface area contributed by atoms with Crippen LogP contribution in [-0.2, 0) is 13.0 Å². The maximum Gasteiger partial charge on any atom is 0.267 e. The van der Waals surface area contributed by atoms with Gasteiger partial charge in [0, 0.05) is 19.3 Å². The van der Waals surface area contributed by atoms with E-state index in [1.54, 1.807) is 31.3 Å². The third kappa shape index (κ3) is 3.72. The average molecular weight is 385 g/mol. The summed E-state index contributed by atoms with van der Waals surface area (Å²) in [7, 11) is 0. The number of aryl methyl sites for hydroxylation is 1. The Morgan fingerprint density at radius 2 is 1.96 bits per heavy atom. The van der Waals surface area contributed by atoms with Gasteiger partial charge in [-0.25, -0.2) is 4.39 Å². The van der Waals surface area contributed by atoms with Crippen LogP contribution in [0.3, 0.4) is 0 Å². The number of hydrogen-bond donors (Lipinski definition) is 3. The Labute approximate surface area is 160 Å². The summed E-state index contributed by atoms with van der Waals surface area (Å²) in [5.41, 5.74) is 1.15. The van der Waals surface area contributed by atoms with Crippen molar-refractivity contribution in [2.45, 2.75) is 19.9 Å². The molecule has 0 aliphatic rings. The third-order valence-electron chi connectivity index (χ3n) is 4.40. The van der Waals surface area contributed by atoms with Gasteiger partial charge in [0.15, 0.2) is 5.75 Å². The first kappa shape index (κ1) is 19.5. The lowest BCUT2D eigenvalue weighted by Crippen LogP contribution is -2.34. The number of carbonyl (C=O) groups is 1. The number of hydrogen-bond acceptors (Lipinski definition) is 5. The molecule has 0 fully saturated rings. The molecule has 1 aromatic carbocycles. The standard InChI is InChI=1S/C20H20FN3O4/c1-2-24-15-10-13(9-12-3-5-14(21)6-4-12)11-23-17(15)18(26)16(20(24)28)19(27)22-7-8-25/h3-6,10-11,25-26H,2,7-9H2,1H3,(H,22,27). The molecule has 28 heavy (non-hydrogen) atoms. The molecule has 2 aromatic heterocycles. The molecule has 0 saturated heterocycles. The molecular formula is C20H20FN3O4. The zero-order valence-corrected chi connectivity index (χ0v) is 15.3. The fourth-order valence-corrected chi connectivity index (χ4v) is 3.06. The number of rotatable bonds is 6. The molecule has 2 heterocycles.